The van der Waals surface area contributed by atoms with E-state index in [1.165, 1.54) is 23.5 Å². The van der Waals surface area contributed by atoms with E-state index < -0.39 is 11.7 Å². The number of hydrogen-bond acceptors (Lipinski definition) is 4. The third kappa shape index (κ3) is 4.59. The number of halogens is 3. The summed E-state index contributed by atoms with van der Waals surface area (Å²) in [6, 6.07) is 12.3. The predicted octanol–water partition coefficient (Wildman–Crippen LogP) is 5.07. The van der Waals surface area contributed by atoms with Gasteiger partial charge in [-0.3, -0.25) is 9.69 Å². The van der Waals surface area contributed by atoms with Gasteiger partial charge < -0.3 is 4.74 Å². The molecule has 2 heterocycles. The Morgan fingerprint density at radius 2 is 1.93 bits per heavy atom. The predicted molar refractivity (Wildman–Crippen MR) is 106 cm³/mol. The Labute approximate surface area is 169 Å². The maximum absolute atomic E-state index is 13.1. The molecule has 0 bridgehead atoms. The van der Waals surface area contributed by atoms with Crippen LogP contribution in [-0.4, -0.2) is 30.1 Å². The van der Waals surface area contributed by atoms with E-state index in [1.54, 1.807) is 4.90 Å². The normalized spacial score (nSPS) is 17.0. The van der Waals surface area contributed by atoms with E-state index in [9.17, 15) is 18.0 Å². The van der Waals surface area contributed by atoms with Crippen LogP contribution in [0.25, 0.3) is 10.2 Å². The van der Waals surface area contributed by atoms with Crippen LogP contribution in [0.4, 0.5) is 18.3 Å². The van der Waals surface area contributed by atoms with Gasteiger partial charge in [0.05, 0.1) is 34.8 Å². The number of amides is 1. The van der Waals surface area contributed by atoms with Gasteiger partial charge in [-0.25, -0.2) is 4.98 Å². The molecule has 2 aromatic carbocycles. The summed E-state index contributed by atoms with van der Waals surface area (Å²) in [6.45, 7) is 1.06. The van der Waals surface area contributed by atoms with Crippen LogP contribution in [0.5, 0.6) is 0 Å². The zero-order valence-corrected chi connectivity index (χ0v) is 16.3. The minimum atomic E-state index is -4.39. The summed E-state index contributed by atoms with van der Waals surface area (Å²) in [7, 11) is 0. The topological polar surface area (TPSA) is 42.4 Å². The second-order valence-corrected chi connectivity index (χ2v) is 7.98. The Morgan fingerprint density at radius 1 is 1.17 bits per heavy atom. The van der Waals surface area contributed by atoms with E-state index in [0.717, 1.165) is 35.2 Å². The van der Waals surface area contributed by atoms with E-state index in [4.69, 9.17) is 4.74 Å². The second-order valence-electron chi connectivity index (χ2n) is 6.97. The number of carbonyl (C=O) groups excluding carboxylic acids is 1. The van der Waals surface area contributed by atoms with Crippen molar-refractivity contribution >= 4 is 32.6 Å². The molecule has 152 valence electrons. The first-order valence-corrected chi connectivity index (χ1v) is 10.2. The Balaban J connectivity index is 1.57. The van der Waals surface area contributed by atoms with Crippen molar-refractivity contribution in [3.63, 3.8) is 0 Å². The number of aromatic nitrogens is 1. The summed E-state index contributed by atoms with van der Waals surface area (Å²) >= 11 is 1.42. The molecule has 8 heteroatoms. The Kier molecular flexibility index (Phi) is 5.56. The smallest absolute Gasteiger partial charge is 0.376 e. The number of hydrogen-bond donors (Lipinski definition) is 0. The van der Waals surface area contributed by atoms with Gasteiger partial charge in [-0.15, -0.1) is 0 Å². The SMILES string of the molecule is O=C(Cc1ccc(C(F)(F)F)cc1)N(CC1CCCO1)c1nc2ccccc2s1. The fraction of sp³-hybridized carbons (Fsp3) is 0.333. The molecule has 1 atom stereocenters. The number of alkyl halides is 3. The van der Waals surface area contributed by atoms with Gasteiger partial charge in [-0.2, -0.15) is 13.2 Å². The van der Waals surface area contributed by atoms with Crippen LogP contribution in [0.3, 0.4) is 0 Å². The van der Waals surface area contributed by atoms with Crippen molar-refractivity contribution in [1.82, 2.24) is 4.98 Å². The first-order chi connectivity index (χ1) is 13.9. The molecule has 3 aromatic rings. The first kappa shape index (κ1) is 19.8. The summed E-state index contributed by atoms with van der Waals surface area (Å²) in [5, 5.41) is 0.582. The van der Waals surface area contributed by atoms with Crippen LogP contribution in [0.1, 0.15) is 24.0 Å². The summed E-state index contributed by atoms with van der Waals surface area (Å²) in [6.07, 6.45) is -2.63. The molecule has 1 aromatic heterocycles. The Morgan fingerprint density at radius 3 is 2.59 bits per heavy atom. The molecule has 1 unspecified atom stereocenters. The van der Waals surface area contributed by atoms with Crippen LogP contribution in [0.15, 0.2) is 48.5 Å². The Hall–Kier alpha value is -2.45. The molecule has 0 spiro atoms. The lowest BCUT2D eigenvalue weighted by molar-refractivity contribution is -0.137. The number of para-hydroxylation sites is 1. The standard InChI is InChI=1S/C21H19F3N2O2S/c22-21(23,24)15-9-7-14(8-10-15)12-19(27)26(13-16-4-3-11-28-16)20-25-17-5-1-2-6-18(17)29-20/h1-2,5-10,16H,3-4,11-13H2. The number of fused-ring (bicyclic) bond motifs is 1. The highest BCUT2D eigenvalue weighted by Crippen LogP contribution is 2.31. The van der Waals surface area contributed by atoms with E-state index in [0.29, 0.717) is 23.8 Å². The van der Waals surface area contributed by atoms with Gasteiger partial charge in [0.25, 0.3) is 0 Å². The third-order valence-corrected chi connectivity index (χ3v) is 5.92. The number of rotatable bonds is 5. The lowest BCUT2D eigenvalue weighted by atomic mass is 10.1. The third-order valence-electron chi connectivity index (χ3n) is 4.86. The molecule has 0 aliphatic carbocycles. The molecule has 1 saturated heterocycles. The van der Waals surface area contributed by atoms with E-state index in [1.807, 2.05) is 24.3 Å². The van der Waals surface area contributed by atoms with Crippen LogP contribution in [-0.2, 0) is 22.1 Å². The quantitative estimate of drug-likeness (QED) is 0.579. The van der Waals surface area contributed by atoms with E-state index >= 15 is 0 Å². The zero-order chi connectivity index (χ0) is 20.4. The van der Waals surface area contributed by atoms with E-state index in [-0.39, 0.29) is 18.4 Å². The van der Waals surface area contributed by atoms with Gasteiger partial charge in [-0.05, 0) is 42.7 Å². The number of ether oxygens (including phenoxy) is 1. The van der Waals surface area contributed by atoms with Crippen molar-refractivity contribution < 1.29 is 22.7 Å². The van der Waals surface area contributed by atoms with Crippen molar-refractivity contribution in [2.45, 2.75) is 31.5 Å². The highest BCUT2D eigenvalue weighted by Gasteiger charge is 2.30. The summed E-state index contributed by atoms with van der Waals surface area (Å²) in [5.74, 6) is -0.209. The number of anilines is 1. The van der Waals surface area contributed by atoms with Crippen LogP contribution < -0.4 is 4.90 Å². The van der Waals surface area contributed by atoms with Crippen molar-refractivity contribution in [3.05, 3.63) is 59.7 Å². The zero-order valence-electron chi connectivity index (χ0n) is 15.5. The second kappa shape index (κ2) is 8.12. The molecule has 0 saturated carbocycles. The average molecular weight is 420 g/mol. The lowest BCUT2D eigenvalue weighted by Crippen LogP contribution is -2.38. The summed E-state index contributed by atoms with van der Waals surface area (Å²) in [4.78, 5) is 19.3. The Bertz CT molecular complexity index is 962. The van der Waals surface area contributed by atoms with Crippen molar-refractivity contribution in [2.75, 3.05) is 18.1 Å². The minimum absolute atomic E-state index is 0.000776. The summed E-state index contributed by atoms with van der Waals surface area (Å²) < 4.78 is 45.0. The maximum atomic E-state index is 13.1. The molecule has 1 aliphatic heterocycles. The molecule has 1 aliphatic rings. The van der Waals surface area contributed by atoms with Gasteiger partial charge in [-0.1, -0.05) is 35.6 Å². The molecule has 1 amide bonds. The number of nitrogens with zero attached hydrogens (tertiary/aromatic N) is 2. The number of thiazole rings is 1. The molecule has 29 heavy (non-hydrogen) atoms. The molecule has 0 N–H and O–H groups in total. The highest BCUT2D eigenvalue weighted by atomic mass is 32.1. The van der Waals surface area contributed by atoms with Crippen molar-refractivity contribution in [3.8, 4) is 0 Å². The fourth-order valence-corrected chi connectivity index (χ4v) is 4.33. The largest absolute Gasteiger partial charge is 0.416 e. The lowest BCUT2D eigenvalue weighted by Gasteiger charge is -2.23. The highest BCUT2D eigenvalue weighted by molar-refractivity contribution is 7.22. The van der Waals surface area contributed by atoms with Crippen molar-refractivity contribution in [1.29, 1.82) is 0 Å². The number of carbonyl (C=O) groups is 1. The fourth-order valence-electron chi connectivity index (χ4n) is 3.34. The molecule has 1 fully saturated rings. The minimum Gasteiger partial charge on any atom is -0.376 e. The van der Waals surface area contributed by atoms with Crippen molar-refractivity contribution in [2.24, 2.45) is 0 Å². The average Bonchev–Trinajstić information content (AvgIpc) is 3.35. The van der Waals surface area contributed by atoms with Gasteiger partial charge in [0, 0.05) is 6.61 Å². The maximum Gasteiger partial charge on any atom is 0.416 e. The first-order valence-electron chi connectivity index (χ1n) is 9.34. The molecular weight excluding hydrogens is 401 g/mol. The summed E-state index contributed by atoms with van der Waals surface area (Å²) in [5.41, 5.74) is 0.615. The molecular formula is C21H19F3N2O2S. The van der Waals surface area contributed by atoms with Crippen LogP contribution >= 0.6 is 11.3 Å². The van der Waals surface area contributed by atoms with Crippen LogP contribution in [0.2, 0.25) is 0 Å². The number of benzene rings is 2. The monoisotopic (exact) mass is 420 g/mol. The molecule has 4 nitrogen and oxygen atoms in total. The van der Waals surface area contributed by atoms with Gasteiger partial charge >= 0.3 is 6.18 Å². The van der Waals surface area contributed by atoms with E-state index in [2.05, 4.69) is 4.98 Å². The van der Waals surface area contributed by atoms with Gasteiger partial charge in [0.15, 0.2) is 5.13 Å². The van der Waals surface area contributed by atoms with Gasteiger partial charge in [0.1, 0.15) is 0 Å². The molecule has 0 radical (unpaired) electrons. The van der Waals surface area contributed by atoms with Crippen LogP contribution in [0, 0.1) is 0 Å². The van der Waals surface area contributed by atoms with Gasteiger partial charge in [0.2, 0.25) is 5.91 Å². The molecule has 4 rings (SSSR count).